The van der Waals surface area contributed by atoms with E-state index in [0.717, 1.165) is 50.1 Å². The second kappa shape index (κ2) is 11.8. The first-order valence-corrected chi connectivity index (χ1v) is 16.4. The zero-order chi connectivity index (χ0) is 31.9. The van der Waals surface area contributed by atoms with E-state index in [1.54, 1.807) is 0 Å². The first-order chi connectivity index (χ1) is 23.8. The lowest BCUT2D eigenvalue weighted by molar-refractivity contribution is 0.669. The Balaban J connectivity index is 1.18. The van der Waals surface area contributed by atoms with Gasteiger partial charge >= 0.3 is 0 Å². The minimum absolute atomic E-state index is 0.895. The molecule has 0 aliphatic heterocycles. The molecule has 1 aromatic heterocycles. The fourth-order valence-electron chi connectivity index (χ4n) is 7.03. The van der Waals surface area contributed by atoms with Gasteiger partial charge in [-0.2, -0.15) is 0 Å². The Morgan fingerprint density at radius 3 is 1.44 bits per heavy atom. The fraction of sp³-hybridized carbons (Fsp3) is 0. The van der Waals surface area contributed by atoms with Crippen molar-refractivity contribution in [1.82, 2.24) is 0 Å². The Labute approximate surface area is 279 Å². The molecule has 226 valence electrons. The summed E-state index contributed by atoms with van der Waals surface area (Å²) in [4.78, 5) is 2.31. The normalized spacial score (nSPS) is 11.3. The molecule has 0 bridgehead atoms. The van der Waals surface area contributed by atoms with E-state index in [1.807, 2.05) is 0 Å². The van der Waals surface area contributed by atoms with Gasteiger partial charge in [0, 0.05) is 33.2 Å². The Kier molecular flexibility index (Phi) is 6.84. The minimum atomic E-state index is 0.895. The monoisotopic (exact) mass is 613 g/mol. The zero-order valence-corrected chi connectivity index (χ0v) is 26.3. The molecular weight excluding hydrogens is 583 g/mol. The van der Waals surface area contributed by atoms with Crippen molar-refractivity contribution >= 4 is 49.8 Å². The topological polar surface area (TPSA) is 16.4 Å². The number of hydrogen-bond donors (Lipinski definition) is 0. The molecule has 0 aliphatic rings. The molecule has 1 heterocycles. The second-order valence-corrected chi connectivity index (χ2v) is 12.1. The number of furan rings is 1. The van der Waals surface area contributed by atoms with Gasteiger partial charge in [-0.15, -0.1) is 0 Å². The van der Waals surface area contributed by atoms with Crippen LogP contribution in [-0.2, 0) is 0 Å². The summed E-state index contributed by atoms with van der Waals surface area (Å²) in [6.07, 6.45) is 0. The third kappa shape index (κ3) is 4.83. The van der Waals surface area contributed by atoms with Crippen molar-refractivity contribution in [2.45, 2.75) is 0 Å². The summed E-state index contributed by atoms with van der Waals surface area (Å²) in [5, 5.41) is 4.73. The highest BCUT2D eigenvalue weighted by molar-refractivity contribution is 6.25. The van der Waals surface area contributed by atoms with Crippen LogP contribution in [0.5, 0.6) is 0 Å². The maximum Gasteiger partial charge on any atom is 0.136 e. The van der Waals surface area contributed by atoms with Gasteiger partial charge in [0.2, 0.25) is 0 Å². The quantitative estimate of drug-likeness (QED) is 0.185. The van der Waals surface area contributed by atoms with E-state index >= 15 is 0 Å². The molecule has 0 fully saturated rings. The predicted molar refractivity (Wildman–Crippen MR) is 202 cm³/mol. The predicted octanol–water partition coefficient (Wildman–Crippen LogP) is 13.2. The highest BCUT2D eigenvalue weighted by Gasteiger charge is 2.18. The fourth-order valence-corrected chi connectivity index (χ4v) is 7.03. The summed E-state index contributed by atoms with van der Waals surface area (Å²) < 4.78 is 6.52. The molecule has 0 N–H and O–H groups in total. The first-order valence-electron chi connectivity index (χ1n) is 16.4. The van der Waals surface area contributed by atoms with E-state index in [4.69, 9.17) is 4.42 Å². The van der Waals surface area contributed by atoms with Gasteiger partial charge < -0.3 is 9.32 Å². The molecular formula is C46H31NO. The molecule has 0 atom stereocenters. The Hall–Kier alpha value is -6.38. The average Bonchev–Trinajstić information content (AvgIpc) is 3.56. The molecule has 48 heavy (non-hydrogen) atoms. The average molecular weight is 614 g/mol. The first kappa shape index (κ1) is 27.9. The molecule has 9 rings (SSSR count). The molecule has 0 saturated heterocycles. The summed E-state index contributed by atoms with van der Waals surface area (Å²) in [7, 11) is 0. The smallest absolute Gasteiger partial charge is 0.136 e. The van der Waals surface area contributed by atoms with Gasteiger partial charge in [0.1, 0.15) is 11.2 Å². The third-order valence-corrected chi connectivity index (χ3v) is 9.27. The van der Waals surface area contributed by atoms with Crippen LogP contribution in [0, 0.1) is 0 Å². The number of rotatable bonds is 6. The van der Waals surface area contributed by atoms with Crippen LogP contribution in [0.25, 0.3) is 66.1 Å². The summed E-state index contributed by atoms with van der Waals surface area (Å²) in [5.74, 6) is 0. The van der Waals surface area contributed by atoms with Gasteiger partial charge in [0.25, 0.3) is 0 Å². The van der Waals surface area contributed by atoms with Gasteiger partial charge in [-0.25, -0.2) is 0 Å². The molecule has 2 nitrogen and oxygen atoms in total. The van der Waals surface area contributed by atoms with Crippen LogP contribution in [0.3, 0.4) is 0 Å². The van der Waals surface area contributed by atoms with Gasteiger partial charge in [0.05, 0.1) is 0 Å². The Bertz CT molecular complexity index is 2520. The molecule has 0 spiro atoms. The van der Waals surface area contributed by atoms with Crippen molar-refractivity contribution in [3.63, 3.8) is 0 Å². The number of para-hydroxylation sites is 1. The van der Waals surface area contributed by atoms with E-state index in [0.29, 0.717) is 0 Å². The lowest BCUT2D eigenvalue weighted by Crippen LogP contribution is -2.09. The zero-order valence-electron chi connectivity index (χ0n) is 26.3. The minimum Gasteiger partial charge on any atom is -0.456 e. The van der Waals surface area contributed by atoms with Gasteiger partial charge in [-0.1, -0.05) is 140 Å². The molecule has 0 amide bonds. The molecule has 0 aliphatic carbocycles. The van der Waals surface area contributed by atoms with Crippen LogP contribution >= 0.6 is 0 Å². The van der Waals surface area contributed by atoms with Crippen LogP contribution in [-0.4, -0.2) is 0 Å². The number of nitrogens with zero attached hydrogens (tertiary/aromatic N) is 1. The summed E-state index contributed by atoms with van der Waals surface area (Å²) in [6, 6.07) is 66.7. The maximum absolute atomic E-state index is 6.52. The standard InChI is InChI=1S/C46H31NO/c1-4-12-32(13-5-1)33-22-27-38(28-23-33)47(37-17-8-3-9-18-37)39-29-24-35(25-30-39)41-20-11-21-42-45(41)46-43(48-42)31-26-36-16-10-19-40(44(36)46)34-14-6-2-7-15-34/h1-31H. The van der Waals surface area contributed by atoms with Crippen molar-refractivity contribution in [3.8, 4) is 33.4 Å². The van der Waals surface area contributed by atoms with E-state index < -0.39 is 0 Å². The van der Waals surface area contributed by atoms with Crippen molar-refractivity contribution < 1.29 is 4.42 Å². The molecule has 0 radical (unpaired) electrons. The maximum atomic E-state index is 6.52. The van der Waals surface area contributed by atoms with Crippen molar-refractivity contribution in [3.05, 3.63) is 188 Å². The molecule has 2 heteroatoms. The number of benzene rings is 8. The van der Waals surface area contributed by atoms with Crippen LogP contribution in [0.4, 0.5) is 17.1 Å². The lowest BCUT2D eigenvalue weighted by atomic mass is 9.92. The highest BCUT2D eigenvalue weighted by atomic mass is 16.3. The molecule has 0 saturated carbocycles. The second-order valence-electron chi connectivity index (χ2n) is 12.1. The van der Waals surface area contributed by atoms with E-state index in [-0.39, 0.29) is 0 Å². The largest absolute Gasteiger partial charge is 0.456 e. The van der Waals surface area contributed by atoms with Crippen LogP contribution in [0.15, 0.2) is 192 Å². The van der Waals surface area contributed by atoms with Crippen molar-refractivity contribution in [2.75, 3.05) is 4.90 Å². The Morgan fingerprint density at radius 1 is 0.292 bits per heavy atom. The van der Waals surface area contributed by atoms with E-state index in [9.17, 15) is 0 Å². The summed E-state index contributed by atoms with van der Waals surface area (Å²) in [5.41, 5.74) is 12.2. The molecule has 8 aromatic carbocycles. The number of hydrogen-bond acceptors (Lipinski definition) is 2. The molecule has 0 unspecified atom stereocenters. The summed E-state index contributed by atoms with van der Waals surface area (Å²) >= 11 is 0. The van der Waals surface area contributed by atoms with Crippen LogP contribution in [0.1, 0.15) is 0 Å². The number of anilines is 3. The number of fused-ring (bicyclic) bond motifs is 5. The molecule has 9 aromatic rings. The van der Waals surface area contributed by atoms with Crippen molar-refractivity contribution in [2.24, 2.45) is 0 Å². The van der Waals surface area contributed by atoms with Gasteiger partial charge in [0.15, 0.2) is 0 Å². The highest BCUT2D eigenvalue weighted by Crippen LogP contribution is 2.44. The van der Waals surface area contributed by atoms with Crippen LogP contribution < -0.4 is 4.90 Å². The SMILES string of the molecule is c1ccc(-c2ccc(N(c3ccccc3)c3ccc(-c4cccc5oc6ccc7cccc(-c8ccccc8)c7c6c45)cc3)cc2)cc1. The van der Waals surface area contributed by atoms with Crippen molar-refractivity contribution in [1.29, 1.82) is 0 Å². The Morgan fingerprint density at radius 2 is 0.771 bits per heavy atom. The lowest BCUT2D eigenvalue weighted by Gasteiger charge is -2.26. The van der Waals surface area contributed by atoms with E-state index in [1.165, 1.54) is 33.0 Å². The third-order valence-electron chi connectivity index (χ3n) is 9.27. The van der Waals surface area contributed by atoms with E-state index in [2.05, 4.69) is 193 Å². The summed E-state index contributed by atoms with van der Waals surface area (Å²) in [6.45, 7) is 0. The van der Waals surface area contributed by atoms with Gasteiger partial charge in [-0.3, -0.25) is 0 Å². The van der Waals surface area contributed by atoms with Gasteiger partial charge in [-0.05, 0) is 87.3 Å². The van der Waals surface area contributed by atoms with Crippen LogP contribution in [0.2, 0.25) is 0 Å².